The number of para-hydroxylation sites is 1. The van der Waals surface area contributed by atoms with Crippen LogP contribution in [0.5, 0.6) is 0 Å². The van der Waals surface area contributed by atoms with Crippen LogP contribution in [0, 0.1) is 5.82 Å². The van der Waals surface area contributed by atoms with Gasteiger partial charge in [0.15, 0.2) is 0 Å². The Balaban J connectivity index is 2.23. The molecule has 0 fully saturated rings. The van der Waals surface area contributed by atoms with Gasteiger partial charge in [-0.25, -0.2) is 14.2 Å². The smallest absolute Gasteiger partial charge is 0.340 e. The van der Waals surface area contributed by atoms with E-state index in [-0.39, 0.29) is 12.4 Å². The minimum atomic E-state index is -0.445. The number of carbonyl (C=O) groups excluding carboxylic acids is 1. The van der Waals surface area contributed by atoms with Gasteiger partial charge in [0.25, 0.3) is 0 Å². The summed E-state index contributed by atoms with van der Waals surface area (Å²) in [7, 11) is 0. The molecule has 0 unspecified atom stereocenters. The van der Waals surface area contributed by atoms with E-state index < -0.39 is 5.97 Å². The lowest BCUT2D eigenvalue weighted by atomic mass is 10.1. The van der Waals surface area contributed by atoms with Crippen LogP contribution in [0.3, 0.4) is 0 Å². The molecule has 0 atom stereocenters. The van der Waals surface area contributed by atoms with Gasteiger partial charge in [-0.2, -0.15) is 0 Å². The molecule has 0 radical (unpaired) electrons. The fourth-order valence-corrected chi connectivity index (χ4v) is 2.86. The van der Waals surface area contributed by atoms with Crippen LogP contribution in [0.25, 0.3) is 21.5 Å². The Kier molecular flexibility index (Phi) is 3.66. The number of hydrogen-bond acceptors (Lipinski definition) is 4. The van der Waals surface area contributed by atoms with E-state index in [9.17, 15) is 9.18 Å². The van der Waals surface area contributed by atoms with E-state index in [0.29, 0.717) is 16.1 Å². The fraction of sp³-hybridized carbons (Fsp3) is 0.125. The summed E-state index contributed by atoms with van der Waals surface area (Å²) >= 11 is 1.22. The molecule has 3 rings (SSSR count). The number of fused-ring (bicyclic) bond motifs is 1. The molecular formula is C16H12FNO2S. The summed E-state index contributed by atoms with van der Waals surface area (Å²) in [6.07, 6.45) is 0. The van der Waals surface area contributed by atoms with Gasteiger partial charge in [-0.05, 0) is 25.1 Å². The monoisotopic (exact) mass is 301 g/mol. The summed E-state index contributed by atoms with van der Waals surface area (Å²) in [6.45, 7) is 2.03. The van der Waals surface area contributed by atoms with Crippen molar-refractivity contribution >= 4 is 28.2 Å². The summed E-state index contributed by atoms with van der Waals surface area (Å²) in [4.78, 5) is 17.3. The summed E-state index contributed by atoms with van der Waals surface area (Å²) in [6, 6.07) is 10.6. The third kappa shape index (κ3) is 2.64. The Morgan fingerprint density at radius 3 is 2.86 bits per heavy atom. The van der Waals surface area contributed by atoms with E-state index in [1.807, 2.05) is 24.3 Å². The van der Waals surface area contributed by atoms with E-state index in [2.05, 4.69) is 4.98 Å². The van der Waals surface area contributed by atoms with Crippen molar-refractivity contribution in [2.24, 2.45) is 0 Å². The molecule has 3 aromatic rings. The number of nitrogens with zero attached hydrogens (tertiary/aromatic N) is 1. The molecular weight excluding hydrogens is 289 g/mol. The maximum Gasteiger partial charge on any atom is 0.340 e. The van der Waals surface area contributed by atoms with E-state index in [0.717, 1.165) is 10.9 Å². The van der Waals surface area contributed by atoms with Gasteiger partial charge in [-0.15, -0.1) is 11.3 Å². The van der Waals surface area contributed by atoms with Crippen molar-refractivity contribution in [1.29, 1.82) is 0 Å². The zero-order valence-corrected chi connectivity index (χ0v) is 12.1. The number of rotatable bonds is 3. The predicted octanol–water partition coefficient (Wildman–Crippen LogP) is 4.28. The molecule has 0 saturated heterocycles. The molecule has 2 heterocycles. The number of pyridine rings is 1. The Morgan fingerprint density at radius 2 is 2.14 bits per heavy atom. The molecule has 0 saturated carbocycles. The molecule has 0 aliphatic rings. The first-order valence-corrected chi connectivity index (χ1v) is 7.38. The first kappa shape index (κ1) is 13.7. The molecule has 21 heavy (non-hydrogen) atoms. The van der Waals surface area contributed by atoms with Crippen LogP contribution in [-0.2, 0) is 4.74 Å². The lowest BCUT2D eigenvalue weighted by Crippen LogP contribution is -2.07. The van der Waals surface area contributed by atoms with E-state index in [1.54, 1.807) is 13.0 Å². The van der Waals surface area contributed by atoms with Crippen LogP contribution >= 0.6 is 11.3 Å². The van der Waals surface area contributed by atoms with E-state index >= 15 is 0 Å². The number of esters is 1. The first-order valence-electron chi connectivity index (χ1n) is 6.50. The molecule has 106 valence electrons. The van der Waals surface area contributed by atoms with Crippen LogP contribution in [0.15, 0.2) is 41.8 Å². The largest absolute Gasteiger partial charge is 0.462 e. The van der Waals surface area contributed by atoms with Crippen molar-refractivity contribution < 1.29 is 13.9 Å². The van der Waals surface area contributed by atoms with Gasteiger partial charge in [0.1, 0.15) is 5.82 Å². The third-order valence-electron chi connectivity index (χ3n) is 3.02. The molecule has 3 nitrogen and oxygen atoms in total. The zero-order valence-electron chi connectivity index (χ0n) is 11.3. The molecule has 0 aliphatic heterocycles. The van der Waals surface area contributed by atoms with Gasteiger partial charge in [-0.1, -0.05) is 18.2 Å². The number of halogens is 1. The third-order valence-corrected chi connectivity index (χ3v) is 3.93. The summed E-state index contributed by atoms with van der Waals surface area (Å²) in [5.74, 6) is -0.778. The maximum atomic E-state index is 13.3. The summed E-state index contributed by atoms with van der Waals surface area (Å²) in [5, 5.41) is 2.24. The van der Waals surface area contributed by atoms with Crippen molar-refractivity contribution in [3.05, 3.63) is 53.2 Å². The number of benzene rings is 1. The molecule has 0 amide bonds. The molecule has 1 aromatic carbocycles. The van der Waals surface area contributed by atoms with Crippen LogP contribution in [-0.4, -0.2) is 17.6 Å². The number of ether oxygens (including phenoxy) is 1. The lowest BCUT2D eigenvalue weighted by molar-refractivity contribution is 0.0527. The van der Waals surface area contributed by atoms with Crippen LogP contribution in [0.4, 0.5) is 4.39 Å². The Hall–Kier alpha value is -2.27. The second-order valence-electron chi connectivity index (χ2n) is 4.43. The minimum Gasteiger partial charge on any atom is -0.462 e. The highest BCUT2D eigenvalue weighted by atomic mass is 32.1. The van der Waals surface area contributed by atoms with Crippen molar-refractivity contribution in [2.75, 3.05) is 6.61 Å². The normalized spacial score (nSPS) is 10.8. The molecule has 0 N–H and O–H groups in total. The highest BCUT2D eigenvalue weighted by Gasteiger charge is 2.18. The predicted molar refractivity (Wildman–Crippen MR) is 81.0 cm³/mol. The number of hydrogen-bond donors (Lipinski definition) is 0. The van der Waals surface area contributed by atoms with Gasteiger partial charge in [0, 0.05) is 10.8 Å². The van der Waals surface area contributed by atoms with Gasteiger partial charge in [0.2, 0.25) is 0 Å². The van der Waals surface area contributed by atoms with Gasteiger partial charge < -0.3 is 4.74 Å². The topological polar surface area (TPSA) is 39.2 Å². The quantitative estimate of drug-likeness (QED) is 0.678. The highest BCUT2D eigenvalue weighted by molar-refractivity contribution is 7.13. The van der Waals surface area contributed by atoms with E-state index in [4.69, 9.17) is 4.74 Å². The summed E-state index contributed by atoms with van der Waals surface area (Å²) < 4.78 is 18.4. The Labute approximate surface area is 125 Å². The number of thiophene rings is 1. The van der Waals surface area contributed by atoms with Gasteiger partial charge in [-0.3, -0.25) is 0 Å². The molecule has 0 bridgehead atoms. The number of aromatic nitrogens is 1. The zero-order chi connectivity index (χ0) is 14.8. The van der Waals surface area contributed by atoms with Crippen molar-refractivity contribution in [3.8, 4) is 10.6 Å². The molecule has 0 spiro atoms. The summed E-state index contributed by atoms with van der Waals surface area (Å²) in [5.41, 5.74) is 1.58. The molecule has 0 aliphatic carbocycles. The van der Waals surface area contributed by atoms with Crippen LogP contribution < -0.4 is 0 Å². The Bertz CT molecular complexity index is 813. The SMILES string of the molecule is CCOC(=O)c1cc2ccccc2nc1-c1cc(F)cs1. The van der Waals surface area contributed by atoms with Crippen LogP contribution in [0.2, 0.25) is 0 Å². The standard InChI is InChI=1S/C16H12FNO2S/c1-2-20-16(19)12-7-10-5-3-4-6-13(10)18-15(12)14-8-11(17)9-21-14/h3-9H,2H2,1H3. The second kappa shape index (κ2) is 5.61. The van der Waals surface area contributed by atoms with Crippen molar-refractivity contribution in [3.63, 3.8) is 0 Å². The first-order chi connectivity index (χ1) is 10.2. The van der Waals surface area contributed by atoms with Crippen molar-refractivity contribution in [1.82, 2.24) is 4.98 Å². The second-order valence-corrected chi connectivity index (χ2v) is 5.34. The number of carbonyl (C=O) groups is 1. The molecule has 5 heteroatoms. The van der Waals surface area contributed by atoms with Crippen LogP contribution in [0.1, 0.15) is 17.3 Å². The maximum absolute atomic E-state index is 13.3. The average molecular weight is 301 g/mol. The van der Waals surface area contributed by atoms with Gasteiger partial charge >= 0.3 is 5.97 Å². The van der Waals surface area contributed by atoms with Gasteiger partial charge in [0.05, 0.1) is 28.3 Å². The average Bonchev–Trinajstić information content (AvgIpc) is 2.92. The highest BCUT2D eigenvalue weighted by Crippen LogP contribution is 2.30. The lowest BCUT2D eigenvalue weighted by Gasteiger charge is -2.08. The van der Waals surface area contributed by atoms with E-state index in [1.165, 1.54) is 22.8 Å². The fourth-order valence-electron chi connectivity index (χ4n) is 2.11. The molecule has 2 aromatic heterocycles. The van der Waals surface area contributed by atoms with Crippen molar-refractivity contribution in [2.45, 2.75) is 6.92 Å². The Morgan fingerprint density at radius 1 is 1.33 bits per heavy atom. The minimum absolute atomic E-state index is 0.282.